The van der Waals surface area contributed by atoms with Gasteiger partial charge in [0.25, 0.3) is 5.91 Å². The minimum absolute atomic E-state index is 0.0809. The lowest BCUT2D eigenvalue weighted by atomic mass is 10.1. The summed E-state index contributed by atoms with van der Waals surface area (Å²) in [4.78, 5) is 27.1. The zero-order chi connectivity index (χ0) is 21.8. The fourth-order valence-electron chi connectivity index (χ4n) is 4.05. The van der Waals surface area contributed by atoms with Gasteiger partial charge in [-0.05, 0) is 25.9 Å². The molecule has 0 aliphatic carbocycles. The molecule has 2 aromatic carbocycles. The van der Waals surface area contributed by atoms with E-state index >= 15 is 0 Å². The minimum atomic E-state index is -0.348. The zero-order valence-corrected chi connectivity index (χ0v) is 17.5. The number of amides is 1. The van der Waals surface area contributed by atoms with Crippen molar-refractivity contribution in [1.29, 1.82) is 0 Å². The van der Waals surface area contributed by atoms with Gasteiger partial charge in [-0.3, -0.25) is 14.5 Å². The number of aromatic hydroxyl groups is 1. The quantitative estimate of drug-likeness (QED) is 0.608. The van der Waals surface area contributed by atoms with Crippen molar-refractivity contribution in [2.24, 2.45) is 0 Å². The maximum Gasteiger partial charge on any atom is 0.257 e. The fourth-order valence-corrected chi connectivity index (χ4v) is 4.05. The molecule has 2 N–H and O–H groups in total. The van der Waals surface area contributed by atoms with Gasteiger partial charge < -0.3 is 19.6 Å². The lowest BCUT2D eigenvalue weighted by molar-refractivity contribution is -0.123. The molecule has 2 heterocycles. The second-order valence-corrected chi connectivity index (χ2v) is 7.67. The Morgan fingerprint density at radius 1 is 1.26 bits per heavy atom. The Kier molecular flexibility index (Phi) is 6.23. The molecule has 31 heavy (non-hydrogen) atoms. The van der Waals surface area contributed by atoms with Crippen LogP contribution in [0, 0.1) is 0 Å². The van der Waals surface area contributed by atoms with Crippen LogP contribution in [0.15, 0.2) is 57.7 Å². The Morgan fingerprint density at radius 2 is 2.06 bits per heavy atom. The lowest BCUT2D eigenvalue weighted by Gasteiger charge is -2.22. The van der Waals surface area contributed by atoms with Crippen molar-refractivity contribution in [3.63, 3.8) is 0 Å². The van der Waals surface area contributed by atoms with Crippen LogP contribution in [0.3, 0.4) is 0 Å². The number of carbonyl (C=O) groups excluding carboxylic acids is 1. The number of hydrogen-bond acceptors (Lipinski definition) is 6. The molecule has 3 aromatic rings. The van der Waals surface area contributed by atoms with Crippen LogP contribution in [-0.2, 0) is 4.79 Å². The highest BCUT2D eigenvalue weighted by atomic mass is 16.5. The van der Waals surface area contributed by atoms with Gasteiger partial charge in [-0.15, -0.1) is 0 Å². The van der Waals surface area contributed by atoms with Crippen LogP contribution in [0.25, 0.3) is 22.3 Å². The highest BCUT2D eigenvalue weighted by molar-refractivity contribution is 5.86. The number of ether oxygens (including phenoxy) is 1. The van der Waals surface area contributed by atoms with E-state index in [0.717, 1.165) is 31.5 Å². The van der Waals surface area contributed by atoms with E-state index in [-0.39, 0.29) is 40.4 Å². The molecule has 1 aliphatic heterocycles. The summed E-state index contributed by atoms with van der Waals surface area (Å²) in [6.07, 6.45) is 2.23. The Balaban J connectivity index is 1.46. The monoisotopic (exact) mass is 422 g/mol. The van der Waals surface area contributed by atoms with E-state index in [0.29, 0.717) is 18.3 Å². The molecule has 7 nitrogen and oxygen atoms in total. The summed E-state index contributed by atoms with van der Waals surface area (Å²) < 4.78 is 11.4. The number of rotatable bonds is 7. The van der Waals surface area contributed by atoms with E-state index in [1.165, 1.54) is 18.2 Å². The summed E-state index contributed by atoms with van der Waals surface area (Å²) in [7, 11) is 0. The lowest BCUT2D eigenvalue weighted by Crippen LogP contribution is -2.41. The number of nitrogens with one attached hydrogen (secondary N) is 1. The molecule has 1 fully saturated rings. The molecule has 0 unspecified atom stereocenters. The summed E-state index contributed by atoms with van der Waals surface area (Å²) >= 11 is 0. The molecule has 4 rings (SSSR count). The predicted molar refractivity (Wildman–Crippen MR) is 118 cm³/mol. The van der Waals surface area contributed by atoms with Gasteiger partial charge in [0.1, 0.15) is 28.2 Å². The molecule has 162 valence electrons. The van der Waals surface area contributed by atoms with Crippen LogP contribution >= 0.6 is 0 Å². The van der Waals surface area contributed by atoms with Crippen molar-refractivity contribution in [2.45, 2.75) is 25.8 Å². The van der Waals surface area contributed by atoms with Gasteiger partial charge in [-0.1, -0.05) is 37.3 Å². The number of hydrogen-bond donors (Lipinski definition) is 2. The average molecular weight is 422 g/mol. The minimum Gasteiger partial charge on any atom is -0.507 e. The number of phenols is 1. The van der Waals surface area contributed by atoms with E-state index in [1.807, 2.05) is 30.3 Å². The van der Waals surface area contributed by atoms with E-state index < -0.39 is 0 Å². The van der Waals surface area contributed by atoms with E-state index in [9.17, 15) is 14.7 Å². The largest absolute Gasteiger partial charge is 0.507 e. The summed E-state index contributed by atoms with van der Waals surface area (Å²) in [5, 5.41) is 13.3. The van der Waals surface area contributed by atoms with Gasteiger partial charge in [-0.25, -0.2) is 0 Å². The third kappa shape index (κ3) is 4.72. The molecule has 1 aliphatic rings. The zero-order valence-electron chi connectivity index (χ0n) is 17.5. The highest BCUT2D eigenvalue weighted by Gasteiger charge is 2.23. The normalized spacial score (nSPS) is 16.5. The van der Waals surface area contributed by atoms with Gasteiger partial charge in [0.05, 0.1) is 0 Å². The van der Waals surface area contributed by atoms with Gasteiger partial charge in [0.2, 0.25) is 0 Å². The first-order valence-electron chi connectivity index (χ1n) is 10.5. The maximum atomic E-state index is 12.5. The molecular weight excluding hydrogens is 396 g/mol. The fraction of sp³-hybridized carbons (Fsp3) is 0.333. The highest BCUT2D eigenvalue weighted by Crippen LogP contribution is 2.31. The number of likely N-dealkylation sites (N-methyl/N-ethyl adjacent to an activating group) is 1. The third-order valence-electron chi connectivity index (χ3n) is 5.65. The van der Waals surface area contributed by atoms with Crippen molar-refractivity contribution in [3.05, 3.63) is 58.8 Å². The van der Waals surface area contributed by atoms with Gasteiger partial charge >= 0.3 is 0 Å². The van der Waals surface area contributed by atoms with Crippen molar-refractivity contribution >= 4 is 16.9 Å². The molecule has 1 aromatic heterocycles. The summed E-state index contributed by atoms with van der Waals surface area (Å²) in [6.45, 7) is 4.57. The Bertz CT molecular complexity index is 1130. The van der Waals surface area contributed by atoms with E-state index in [4.69, 9.17) is 9.15 Å². The summed E-state index contributed by atoms with van der Waals surface area (Å²) in [5.41, 5.74) is 0.602. The Labute approximate surface area is 180 Å². The topological polar surface area (TPSA) is 92.0 Å². The molecule has 0 bridgehead atoms. The molecular formula is C24H26N2O5. The number of fused-ring (bicyclic) bond motifs is 1. The van der Waals surface area contributed by atoms with Gasteiger partial charge in [-0.2, -0.15) is 0 Å². The van der Waals surface area contributed by atoms with Gasteiger partial charge in [0, 0.05) is 36.3 Å². The van der Waals surface area contributed by atoms with Crippen LogP contribution in [0.5, 0.6) is 11.5 Å². The first-order valence-corrected chi connectivity index (χ1v) is 10.5. The van der Waals surface area contributed by atoms with Crippen LogP contribution in [0.2, 0.25) is 0 Å². The van der Waals surface area contributed by atoms with Crippen LogP contribution in [-0.4, -0.2) is 48.2 Å². The van der Waals surface area contributed by atoms with Crippen LogP contribution in [0.1, 0.15) is 19.8 Å². The van der Waals surface area contributed by atoms with E-state index in [1.54, 1.807) is 0 Å². The molecule has 7 heteroatoms. The number of benzene rings is 2. The van der Waals surface area contributed by atoms with Crippen LogP contribution in [0.4, 0.5) is 0 Å². The number of carbonyl (C=O) groups is 1. The number of likely N-dealkylation sites (tertiary alicyclic amines) is 1. The standard InChI is InChI=1S/C24H26N2O5/c1-2-26-10-6-9-17(26)14-25-23(29)15-30-18-11-19(27)24-20(28)13-21(31-22(24)12-18)16-7-4-3-5-8-16/h3-5,7-8,11-13,17,27H,2,6,9-10,14-15H2,1H3,(H,25,29)/t17-/m0/s1. The van der Waals surface area contributed by atoms with Gasteiger partial charge in [0.15, 0.2) is 12.0 Å². The smallest absolute Gasteiger partial charge is 0.257 e. The number of phenolic OH excluding ortho intramolecular Hbond substituents is 1. The Hall–Kier alpha value is -3.32. The predicted octanol–water partition coefficient (Wildman–Crippen LogP) is 3.14. The molecule has 1 atom stereocenters. The first kappa shape index (κ1) is 20.9. The van der Waals surface area contributed by atoms with Crippen molar-refractivity contribution in [1.82, 2.24) is 10.2 Å². The second-order valence-electron chi connectivity index (χ2n) is 7.67. The van der Waals surface area contributed by atoms with Crippen molar-refractivity contribution in [2.75, 3.05) is 26.2 Å². The Morgan fingerprint density at radius 3 is 2.84 bits per heavy atom. The van der Waals surface area contributed by atoms with Crippen LogP contribution < -0.4 is 15.5 Å². The average Bonchev–Trinajstić information content (AvgIpc) is 3.24. The molecule has 1 saturated heterocycles. The molecule has 1 amide bonds. The van der Waals surface area contributed by atoms with E-state index in [2.05, 4.69) is 17.1 Å². The summed E-state index contributed by atoms with van der Waals surface area (Å²) in [5.74, 6) is 0.168. The van der Waals surface area contributed by atoms with Crippen molar-refractivity contribution < 1.29 is 19.1 Å². The SMILES string of the molecule is CCN1CCC[C@H]1CNC(=O)COc1cc(O)c2c(=O)cc(-c3ccccc3)oc2c1. The number of nitrogens with zero attached hydrogens (tertiary/aromatic N) is 1. The first-order chi connectivity index (χ1) is 15.0. The molecule has 0 spiro atoms. The van der Waals surface area contributed by atoms with Crippen molar-refractivity contribution in [3.8, 4) is 22.8 Å². The molecule has 0 radical (unpaired) electrons. The summed E-state index contributed by atoms with van der Waals surface area (Å²) in [6, 6.07) is 13.8. The second kappa shape index (κ2) is 9.22. The third-order valence-corrected chi connectivity index (χ3v) is 5.65. The maximum absolute atomic E-state index is 12.5. The molecule has 0 saturated carbocycles.